The number of para-hydroxylation sites is 3. The second-order valence-electron chi connectivity index (χ2n) is 13.7. The van der Waals surface area contributed by atoms with Crippen molar-refractivity contribution in [2.75, 3.05) is 0 Å². The fourth-order valence-electron chi connectivity index (χ4n) is 9.06. The van der Waals surface area contributed by atoms with E-state index in [9.17, 15) is 0 Å². The van der Waals surface area contributed by atoms with Crippen LogP contribution in [0.1, 0.15) is 36.8 Å². The van der Waals surface area contributed by atoms with Gasteiger partial charge in [0.15, 0.2) is 0 Å². The number of hydrogen-bond donors (Lipinski definition) is 0. The Balaban J connectivity index is 1.04. The fraction of sp³-hybridized carbons (Fsp3) is 0.111. The minimum absolute atomic E-state index is 0.127. The van der Waals surface area contributed by atoms with Gasteiger partial charge in [-0.15, -0.1) is 0 Å². The van der Waals surface area contributed by atoms with Crippen LogP contribution >= 0.6 is 0 Å². The predicted molar refractivity (Wildman–Crippen MR) is 199 cm³/mol. The van der Waals surface area contributed by atoms with Gasteiger partial charge in [-0.3, -0.25) is 4.57 Å². The summed E-state index contributed by atoms with van der Waals surface area (Å²) in [5.41, 5.74) is 14.1. The summed E-state index contributed by atoms with van der Waals surface area (Å²) in [6, 6.07) is 48.0. The molecule has 2 aliphatic carbocycles. The Morgan fingerprint density at radius 3 is 2.18 bits per heavy atom. The van der Waals surface area contributed by atoms with Crippen LogP contribution in [-0.4, -0.2) is 14.5 Å². The standard InChI is InChI=1S/C45H31N3O/c1-4-15-37-31(10-1)35-27-41-36(26-38(35)45(37)23-7-8-24-45)32-11-2-5-16-40(32)48(41)44-46-25-22-39(47-44)29-20-18-28(19-21-29)30-13-9-14-34-33-12-3-6-17-42(33)49-43(30)34/h1-6,9-22,25-27H,7-8,23-24H2. The number of benzene rings is 6. The van der Waals surface area contributed by atoms with Crippen molar-refractivity contribution in [2.45, 2.75) is 31.1 Å². The lowest BCUT2D eigenvalue weighted by atomic mass is 9.76. The van der Waals surface area contributed by atoms with Gasteiger partial charge in [0, 0.05) is 44.3 Å². The topological polar surface area (TPSA) is 43.9 Å². The summed E-state index contributed by atoms with van der Waals surface area (Å²) in [5.74, 6) is 0.682. The molecule has 0 amide bonds. The molecule has 4 nitrogen and oxygen atoms in total. The van der Waals surface area contributed by atoms with Crippen molar-refractivity contribution in [1.29, 1.82) is 0 Å². The summed E-state index contributed by atoms with van der Waals surface area (Å²) in [5, 5.41) is 4.78. The molecule has 2 aliphatic rings. The second-order valence-corrected chi connectivity index (χ2v) is 13.7. The molecule has 0 saturated heterocycles. The Kier molecular flexibility index (Phi) is 5.51. The maximum atomic E-state index is 6.33. The van der Waals surface area contributed by atoms with Crippen molar-refractivity contribution < 1.29 is 4.42 Å². The van der Waals surface area contributed by atoms with Crippen LogP contribution in [0.4, 0.5) is 0 Å². The zero-order valence-electron chi connectivity index (χ0n) is 26.9. The van der Waals surface area contributed by atoms with E-state index >= 15 is 0 Å². The van der Waals surface area contributed by atoms with Gasteiger partial charge in [0.2, 0.25) is 5.95 Å². The Morgan fingerprint density at radius 1 is 0.551 bits per heavy atom. The molecule has 49 heavy (non-hydrogen) atoms. The third-order valence-electron chi connectivity index (χ3n) is 11.3. The highest BCUT2D eigenvalue weighted by molar-refractivity contribution is 6.12. The zero-order chi connectivity index (χ0) is 32.1. The molecule has 4 heteroatoms. The first-order valence-corrected chi connectivity index (χ1v) is 17.3. The third-order valence-corrected chi connectivity index (χ3v) is 11.3. The largest absolute Gasteiger partial charge is 0.455 e. The van der Waals surface area contributed by atoms with Crippen LogP contribution in [-0.2, 0) is 5.41 Å². The van der Waals surface area contributed by atoms with E-state index in [0.29, 0.717) is 5.95 Å². The Labute approximate surface area is 283 Å². The quantitative estimate of drug-likeness (QED) is 0.195. The van der Waals surface area contributed by atoms with E-state index in [-0.39, 0.29) is 5.41 Å². The lowest BCUT2D eigenvalue weighted by Crippen LogP contribution is -2.20. The summed E-state index contributed by atoms with van der Waals surface area (Å²) in [6.07, 6.45) is 6.89. The molecule has 0 unspecified atom stereocenters. The van der Waals surface area contributed by atoms with Crippen molar-refractivity contribution >= 4 is 43.7 Å². The second kappa shape index (κ2) is 10.0. The fourth-order valence-corrected chi connectivity index (χ4v) is 9.06. The van der Waals surface area contributed by atoms with Gasteiger partial charge in [0.05, 0.1) is 16.7 Å². The van der Waals surface area contributed by atoms with E-state index in [2.05, 4.69) is 120 Å². The van der Waals surface area contributed by atoms with Gasteiger partial charge in [-0.2, -0.15) is 0 Å². The first kappa shape index (κ1) is 27.0. The summed E-state index contributed by atoms with van der Waals surface area (Å²) in [4.78, 5) is 10.1. The Bertz CT molecular complexity index is 2780. The van der Waals surface area contributed by atoms with Crippen molar-refractivity contribution in [2.24, 2.45) is 0 Å². The smallest absolute Gasteiger partial charge is 0.235 e. The maximum absolute atomic E-state index is 6.33. The Hall–Kier alpha value is -6.00. The monoisotopic (exact) mass is 629 g/mol. The number of hydrogen-bond acceptors (Lipinski definition) is 3. The van der Waals surface area contributed by atoms with Crippen LogP contribution in [0, 0.1) is 0 Å². The summed E-state index contributed by atoms with van der Waals surface area (Å²) >= 11 is 0. The molecule has 6 aromatic carbocycles. The molecule has 1 fully saturated rings. The Morgan fingerprint density at radius 2 is 1.29 bits per heavy atom. The van der Waals surface area contributed by atoms with Crippen molar-refractivity contribution in [1.82, 2.24) is 14.5 Å². The molecular formula is C45H31N3O. The highest BCUT2D eigenvalue weighted by atomic mass is 16.3. The molecule has 0 radical (unpaired) electrons. The number of fused-ring (bicyclic) bond motifs is 11. The van der Waals surface area contributed by atoms with Crippen molar-refractivity contribution in [3.05, 3.63) is 151 Å². The van der Waals surface area contributed by atoms with Gasteiger partial charge in [0.25, 0.3) is 0 Å². The third kappa shape index (κ3) is 3.74. The summed E-state index contributed by atoms with van der Waals surface area (Å²) < 4.78 is 8.59. The van der Waals surface area contributed by atoms with E-state index in [0.717, 1.165) is 55.4 Å². The van der Waals surface area contributed by atoms with E-state index in [1.54, 1.807) is 0 Å². The molecule has 1 spiro atoms. The molecule has 11 rings (SSSR count). The van der Waals surface area contributed by atoms with Crippen LogP contribution < -0.4 is 0 Å². The van der Waals surface area contributed by atoms with E-state index in [1.165, 1.54) is 58.7 Å². The molecule has 0 bridgehead atoms. The van der Waals surface area contributed by atoms with Gasteiger partial charge in [-0.1, -0.05) is 116 Å². The van der Waals surface area contributed by atoms with Crippen LogP contribution in [0.3, 0.4) is 0 Å². The van der Waals surface area contributed by atoms with Crippen LogP contribution in [0.5, 0.6) is 0 Å². The minimum Gasteiger partial charge on any atom is -0.455 e. The number of rotatable bonds is 3. The van der Waals surface area contributed by atoms with E-state index in [4.69, 9.17) is 14.4 Å². The van der Waals surface area contributed by atoms with Crippen LogP contribution in [0.15, 0.2) is 144 Å². The number of aromatic nitrogens is 3. The van der Waals surface area contributed by atoms with E-state index < -0.39 is 0 Å². The molecule has 3 aromatic heterocycles. The van der Waals surface area contributed by atoms with Gasteiger partial charge >= 0.3 is 0 Å². The first-order chi connectivity index (χ1) is 24.3. The van der Waals surface area contributed by atoms with Crippen LogP contribution in [0.25, 0.3) is 83.2 Å². The first-order valence-electron chi connectivity index (χ1n) is 17.3. The van der Waals surface area contributed by atoms with Crippen molar-refractivity contribution in [3.8, 4) is 39.5 Å². The van der Waals surface area contributed by atoms with Gasteiger partial charge in [0.1, 0.15) is 11.2 Å². The normalized spacial score (nSPS) is 14.8. The average molecular weight is 630 g/mol. The highest BCUT2D eigenvalue weighted by Crippen LogP contribution is 2.58. The molecule has 0 aliphatic heterocycles. The molecule has 3 heterocycles. The average Bonchev–Trinajstić information content (AvgIpc) is 3.94. The number of furan rings is 1. The minimum atomic E-state index is 0.127. The molecule has 0 atom stereocenters. The number of nitrogens with zero attached hydrogens (tertiary/aromatic N) is 3. The van der Waals surface area contributed by atoms with Gasteiger partial charge in [-0.05, 0) is 71.0 Å². The molecular weight excluding hydrogens is 599 g/mol. The zero-order valence-corrected chi connectivity index (χ0v) is 26.9. The van der Waals surface area contributed by atoms with Gasteiger partial charge in [-0.25, -0.2) is 9.97 Å². The molecule has 232 valence electrons. The van der Waals surface area contributed by atoms with Crippen LogP contribution in [0.2, 0.25) is 0 Å². The maximum Gasteiger partial charge on any atom is 0.235 e. The highest BCUT2D eigenvalue weighted by Gasteiger charge is 2.45. The summed E-state index contributed by atoms with van der Waals surface area (Å²) in [6.45, 7) is 0. The SMILES string of the molecule is c1ccc2c(c1)-c1cc3c(cc1C21CCCC1)c1ccccc1n3-c1nccc(-c2ccc(-c3cccc4c3oc3ccccc34)cc2)n1. The molecule has 1 saturated carbocycles. The molecule has 0 N–H and O–H groups in total. The lowest BCUT2D eigenvalue weighted by molar-refractivity contribution is 0.550. The summed E-state index contributed by atoms with van der Waals surface area (Å²) in [7, 11) is 0. The lowest BCUT2D eigenvalue weighted by Gasteiger charge is -2.26. The predicted octanol–water partition coefficient (Wildman–Crippen LogP) is 11.6. The van der Waals surface area contributed by atoms with Gasteiger partial charge < -0.3 is 4.42 Å². The molecule has 9 aromatic rings. The van der Waals surface area contributed by atoms with Crippen molar-refractivity contribution in [3.63, 3.8) is 0 Å². The van der Waals surface area contributed by atoms with E-state index in [1.807, 2.05) is 24.4 Å².